The van der Waals surface area contributed by atoms with E-state index in [0.717, 1.165) is 52.6 Å². The number of benzene rings is 3. The van der Waals surface area contributed by atoms with Gasteiger partial charge in [-0.15, -0.1) is 0 Å². The van der Waals surface area contributed by atoms with E-state index in [-0.39, 0.29) is 0 Å². The third-order valence-electron chi connectivity index (χ3n) is 11.2. The number of pyridine rings is 1. The van der Waals surface area contributed by atoms with Crippen LogP contribution in [0.2, 0.25) is 0 Å². The molecule has 3 aromatic heterocycles. The standard InChI is InChI=1S/C47H56N4O/c1-28(2)15-18-43-47(46-32(8)21-31(7)22-33(46)9)34(10)49-51(43)37-23-36(30(5)6)24-39(26-37)52-38-16-17-41-40-13-11-12-14-42(40)50(44(41)27-38)45-25-35(29(3)4)19-20-48-45/h11-14,16-17,19-21,23-31,33,46H,15,18,22H2,1-10H3/t31-,33?,46-/m0/s1. The Kier molecular flexibility index (Phi) is 9.91. The Balaban J connectivity index is 1.34. The molecular formula is C47H56N4O. The predicted octanol–water partition coefficient (Wildman–Crippen LogP) is 13.0. The summed E-state index contributed by atoms with van der Waals surface area (Å²) in [6.45, 7) is 22.9. The first kappa shape index (κ1) is 35.7. The minimum atomic E-state index is 0.326. The SMILES string of the molecule is CC1=C[C@H](C)CC(C)[C@H]1c1c(C)nn(-c2cc(Oc3ccc4c5ccccc5n(-c5cc(C(C)C)ccn5)c4c3)cc(C(C)C)c2)c1CCC(C)C. The highest BCUT2D eigenvalue weighted by molar-refractivity contribution is 6.09. The number of allylic oxidation sites excluding steroid dienone is 2. The molecule has 0 spiro atoms. The predicted molar refractivity (Wildman–Crippen MR) is 218 cm³/mol. The maximum atomic E-state index is 6.84. The first-order valence-corrected chi connectivity index (χ1v) is 19.5. The maximum absolute atomic E-state index is 6.84. The van der Waals surface area contributed by atoms with Crippen molar-refractivity contribution in [1.29, 1.82) is 0 Å². The fraction of sp³-hybridized carbons (Fsp3) is 0.404. The summed E-state index contributed by atoms with van der Waals surface area (Å²) >= 11 is 0. The highest BCUT2D eigenvalue weighted by Crippen LogP contribution is 2.44. The molecule has 1 aliphatic carbocycles. The number of rotatable bonds is 10. The highest BCUT2D eigenvalue weighted by atomic mass is 16.5. The second-order valence-corrected chi connectivity index (χ2v) is 16.5. The second kappa shape index (κ2) is 14.4. The highest BCUT2D eigenvalue weighted by Gasteiger charge is 2.32. The lowest BCUT2D eigenvalue weighted by Crippen LogP contribution is -2.21. The van der Waals surface area contributed by atoms with E-state index in [2.05, 4.69) is 157 Å². The Morgan fingerprint density at radius 3 is 2.27 bits per heavy atom. The number of fused-ring (bicyclic) bond motifs is 3. The van der Waals surface area contributed by atoms with E-state index in [0.29, 0.717) is 35.5 Å². The van der Waals surface area contributed by atoms with E-state index >= 15 is 0 Å². The van der Waals surface area contributed by atoms with Crippen LogP contribution in [0.4, 0.5) is 0 Å². The van der Waals surface area contributed by atoms with Gasteiger partial charge in [0, 0.05) is 46.3 Å². The number of para-hydroxylation sites is 1. The second-order valence-electron chi connectivity index (χ2n) is 16.5. The van der Waals surface area contributed by atoms with Crippen LogP contribution in [0.15, 0.2) is 90.6 Å². The quantitative estimate of drug-likeness (QED) is 0.134. The van der Waals surface area contributed by atoms with Gasteiger partial charge in [0.25, 0.3) is 0 Å². The van der Waals surface area contributed by atoms with Crippen molar-refractivity contribution < 1.29 is 4.74 Å². The summed E-state index contributed by atoms with van der Waals surface area (Å²) in [5.74, 6) is 5.46. The molecule has 1 aliphatic rings. The molecule has 7 rings (SSSR count). The summed E-state index contributed by atoms with van der Waals surface area (Å²) in [7, 11) is 0. The Labute approximate surface area is 310 Å². The molecule has 3 aromatic carbocycles. The van der Waals surface area contributed by atoms with Crippen molar-refractivity contribution >= 4 is 21.8 Å². The number of ether oxygens (including phenoxy) is 1. The summed E-state index contributed by atoms with van der Waals surface area (Å²) in [6, 6.07) is 26.1. The van der Waals surface area contributed by atoms with E-state index in [1.54, 1.807) is 0 Å². The molecule has 1 unspecified atom stereocenters. The zero-order chi connectivity index (χ0) is 36.8. The van der Waals surface area contributed by atoms with Gasteiger partial charge in [0.05, 0.1) is 22.4 Å². The molecule has 0 saturated heterocycles. The van der Waals surface area contributed by atoms with E-state index in [1.807, 2.05) is 6.20 Å². The van der Waals surface area contributed by atoms with Crippen LogP contribution in [0.25, 0.3) is 33.3 Å². The molecule has 5 heteroatoms. The van der Waals surface area contributed by atoms with Crippen LogP contribution in [0.5, 0.6) is 11.5 Å². The van der Waals surface area contributed by atoms with Crippen LogP contribution >= 0.6 is 0 Å². The third-order valence-corrected chi connectivity index (χ3v) is 11.2. The Morgan fingerprint density at radius 1 is 0.788 bits per heavy atom. The average Bonchev–Trinajstić information content (AvgIpc) is 3.60. The normalized spacial score (nSPS) is 17.9. The van der Waals surface area contributed by atoms with Gasteiger partial charge in [-0.25, -0.2) is 9.67 Å². The van der Waals surface area contributed by atoms with Crippen LogP contribution in [0.3, 0.4) is 0 Å². The Bertz CT molecular complexity index is 2260. The summed E-state index contributed by atoms with van der Waals surface area (Å²) in [5, 5.41) is 7.71. The molecule has 0 bridgehead atoms. The van der Waals surface area contributed by atoms with Crippen molar-refractivity contribution in [1.82, 2.24) is 19.3 Å². The van der Waals surface area contributed by atoms with Gasteiger partial charge >= 0.3 is 0 Å². The van der Waals surface area contributed by atoms with Gasteiger partial charge in [-0.3, -0.25) is 4.57 Å². The zero-order valence-electron chi connectivity index (χ0n) is 32.9. The molecule has 270 valence electrons. The van der Waals surface area contributed by atoms with Gasteiger partial charge in [0.15, 0.2) is 0 Å². The molecule has 0 amide bonds. The Hall–Kier alpha value is -4.64. The molecule has 52 heavy (non-hydrogen) atoms. The van der Waals surface area contributed by atoms with Crippen molar-refractivity contribution in [3.8, 4) is 23.0 Å². The summed E-state index contributed by atoms with van der Waals surface area (Å²) in [6.07, 6.45) is 7.74. The van der Waals surface area contributed by atoms with Gasteiger partial charge in [-0.2, -0.15) is 5.10 Å². The first-order valence-electron chi connectivity index (χ1n) is 19.5. The minimum Gasteiger partial charge on any atom is -0.457 e. The number of aromatic nitrogens is 4. The van der Waals surface area contributed by atoms with Gasteiger partial charge < -0.3 is 4.74 Å². The van der Waals surface area contributed by atoms with Crippen LogP contribution in [0, 0.1) is 24.7 Å². The maximum Gasteiger partial charge on any atom is 0.137 e. The van der Waals surface area contributed by atoms with Crippen molar-refractivity contribution in [2.75, 3.05) is 0 Å². The fourth-order valence-electron chi connectivity index (χ4n) is 8.61. The molecule has 3 heterocycles. The monoisotopic (exact) mass is 692 g/mol. The van der Waals surface area contributed by atoms with Gasteiger partial charge in [-0.05, 0) is 116 Å². The number of aryl methyl sites for hydroxylation is 1. The van der Waals surface area contributed by atoms with Gasteiger partial charge in [-0.1, -0.05) is 85.2 Å². The lowest BCUT2D eigenvalue weighted by molar-refractivity contribution is 0.389. The number of hydrogen-bond donors (Lipinski definition) is 0. The van der Waals surface area contributed by atoms with Crippen LogP contribution in [-0.4, -0.2) is 19.3 Å². The molecule has 0 aliphatic heterocycles. The van der Waals surface area contributed by atoms with E-state index in [1.165, 1.54) is 45.2 Å². The van der Waals surface area contributed by atoms with Crippen molar-refractivity contribution in [2.24, 2.45) is 17.8 Å². The zero-order valence-corrected chi connectivity index (χ0v) is 32.9. The summed E-state index contributed by atoms with van der Waals surface area (Å²) in [5.41, 5.74) is 11.2. The van der Waals surface area contributed by atoms with Crippen LogP contribution in [-0.2, 0) is 6.42 Å². The molecule has 0 N–H and O–H groups in total. The summed E-state index contributed by atoms with van der Waals surface area (Å²) < 4.78 is 11.4. The third kappa shape index (κ3) is 6.83. The van der Waals surface area contributed by atoms with E-state index < -0.39 is 0 Å². The summed E-state index contributed by atoms with van der Waals surface area (Å²) in [4.78, 5) is 4.85. The lowest BCUT2D eigenvalue weighted by Gasteiger charge is -2.33. The van der Waals surface area contributed by atoms with Crippen molar-refractivity contribution in [3.05, 3.63) is 119 Å². The van der Waals surface area contributed by atoms with Crippen molar-refractivity contribution in [3.63, 3.8) is 0 Å². The average molecular weight is 693 g/mol. The van der Waals surface area contributed by atoms with E-state index in [4.69, 9.17) is 14.8 Å². The lowest BCUT2D eigenvalue weighted by atomic mass is 9.72. The minimum absolute atomic E-state index is 0.326. The largest absolute Gasteiger partial charge is 0.457 e. The smallest absolute Gasteiger partial charge is 0.137 e. The number of nitrogens with zero attached hydrogens (tertiary/aromatic N) is 4. The molecular weight excluding hydrogens is 637 g/mol. The van der Waals surface area contributed by atoms with Crippen molar-refractivity contribution in [2.45, 2.75) is 106 Å². The molecule has 0 fully saturated rings. The molecule has 3 atom stereocenters. The topological polar surface area (TPSA) is 44.9 Å². The number of hydrogen-bond acceptors (Lipinski definition) is 3. The Morgan fingerprint density at radius 2 is 1.54 bits per heavy atom. The van der Waals surface area contributed by atoms with Crippen LogP contribution in [0.1, 0.15) is 121 Å². The molecule has 5 nitrogen and oxygen atoms in total. The molecule has 0 saturated carbocycles. The van der Waals surface area contributed by atoms with Gasteiger partial charge in [0.2, 0.25) is 0 Å². The van der Waals surface area contributed by atoms with E-state index in [9.17, 15) is 0 Å². The fourth-order valence-corrected chi connectivity index (χ4v) is 8.61. The first-order chi connectivity index (χ1) is 24.9. The molecule has 6 aromatic rings. The molecule has 0 radical (unpaired) electrons. The van der Waals surface area contributed by atoms with Gasteiger partial charge in [0.1, 0.15) is 17.3 Å². The van der Waals surface area contributed by atoms with Crippen LogP contribution < -0.4 is 4.74 Å².